The first-order valence-electron chi connectivity index (χ1n) is 12.2. The van der Waals surface area contributed by atoms with Crippen molar-refractivity contribution in [2.45, 2.75) is 38.0 Å². The summed E-state index contributed by atoms with van der Waals surface area (Å²) in [6, 6.07) is 21.8. The number of ether oxygens (including phenoxy) is 1. The number of carbonyl (C=O) groups is 2. The zero-order chi connectivity index (χ0) is 24.6. The second-order valence-electron chi connectivity index (χ2n) is 9.15. The minimum Gasteiger partial charge on any atom is -0.367 e. The Labute approximate surface area is 207 Å². The molecule has 0 N–H and O–H groups in total. The predicted molar refractivity (Wildman–Crippen MR) is 134 cm³/mol. The van der Waals surface area contributed by atoms with E-state index in [1.807, 2.05) is 71.4 Å². The van der Waals surface area contributed by atoms with Gasteiger partial charge in [-0.2, -0.15) is 5.10 Å². The van der Waals surface area contributed by atoms with Crippen LogP contribution in [0.4, 0.5) is 0 Å². The van der Waals surface area contributed by atoms with Crippen LogP contribution in [0.5, 0.6) is 0 Å². The Morgan fingerprint density at radius 3 is 2.29 bits per heavy atom. The predicted octanol–water partition coefficient (Wildman–Crippen LogP) is 3.58. The Bertz CT molecular complexity index is 1060. The summed E-state index contributed by atoms with van der Waals surface area (Å²) >= 11 is 0. The molecule has 0 aliphatic carbocycles. The van der Waals surface area contributed by atoms with Gasteiger partial charge in [0.1, 0.15) is 6.54 Å². The summed E-state index contributed by atoms with van der Waals surface area (Å²) in [4.78, 5) is 30.2. The highest BCUT2D eigenvalue weighted by molar-refractivity contribution is 5.82. The Balaban J connectivity index is 1.44. The van der Waals surface area contributed by atoms with Gasteiger partial charge in [0.25, 0.3) is 5.91 Å². The second-order valence-corrected chi connectivity index (χ2v) is 9.15. The van der Waals surface area contributed by atoms with Gasteiger partial charge in [-0.15, -0.1) is 0 Å². The zero-order valence-corrected chi connectivity index (χ0v) is 20.5. The smallest absolute Gasteiger partial charge is 0.256 e. The van der Waals surface area contributed by atoms with E-state index < -0.39 is 6.10 Å². The number of rotatable bonds is 9. The average Bonchev–Trinajstić information content (AvgIpc) is 3.42. The number of hydrogen-bond acceptors (Lipinski definition) is 4. The summed E-state index contributed by atoms with van der Waals surface area (Å²) in [7, 11) is 3.48. The van der Waals surface area contributed by atoms with Gasteiger partial charge in [-0.25, -0.2) is 0 Å². The fraction of sp³-hybridized carbons (Fsp3) is 0.393. The van der Waals surface area contributed by atoms with E-state index in [2.05, 4.69) is 17.2 Å². The van der Waals surface area contributed by atoms with Crippen LogP contribution in [0.15, 0.2) is 79.1 Å². The number of methoxy groups -OCH3 is 1. The molecule has 0 radical (unpaired) electrons. The Morgan fingerprint density at radius 2 is 1.69 bits per heavy atom. The van der Waals surface area contributed by atoms with Crippen LogP contribution in [0.3, 0.4) is 0 Å². The molecule has 1 fully saturated rings. The molecule has 3 aromatic rings. The number of carbonyl (C=O) groups excluding carboxylic acids is 2. The highest BCUT2D eigenvalue weighted by Crippen LogP contribution is 2.29. The Morgan fingerprint density at radius 1 is 1.03 bits per heavy atom. The molecule has 35 heavy (non-hydrogen) atoms. The number of aromatic nitrogens is 2. The Hall–Kier alpha value is -3.45. The first-order valence-corrected chi connectivity index (χ1v) is 12.2. The molecule has 0 spiro atoms. The van der Waals surface area contributed by atoms with Crippen LogP contribution in [0, 0.1) is 5.92 Å². The fourth-order valence-corrected chi connectivity index (χ4v) is 4.98. The number of benzene rings is 2. The third-order valence-corrected chi connectivity index (χ3v) is 6.99. The molecular weight excluding hydrogens is 440 g/mol. The molecule has 0 saturated carbocycles. The van der Waals surface area contributed by atoms with E-state index in [1.165, 1.54) is 5.56 Å². The summed E-state index contributed by atoms with van der Waals surface area (Å²) < 4.78 is 7.23. The second kappa shape index (κ2) is 11.8. The van der Waals surface area contributed by atoms with Crippen LogP contribution < -0.4 is 0 Å². The van der Waals surface area contributed by atoms with E-state index >= 15 is 0 Å². The molecule has 7 nitrogen and oxygen atoms in total. The van der Waals surface area contributed by atoms with Crippen molar-refractivity contribution in [1.29, 1.82) is 0 Å². The molecule has 1 aromatic heterocycles. The quantitative estimate of drug-likeness (QED) is 0.476. The molecule has 1 saturated heterocycles. The highest BCUT2D eigenvalue weighted by atomic mass is 16.5. The number of hydrogen-bond donors (Lipinski definition) is 0. The number of nitrogens with zero attached hydrogens (tertiary/aromatic N) is 4. The molecular formula is C28H34N4O3. The van der Waals surface area contributed by atoms with Gasteiger partial charge < -0.3 is 14.5 Å². The molecule has 2 amide bonds. The minimum atomic E-state index is -0.591. The topological polar surface area (TPSA) is 67.7 Å². The molecule has 2 aromatic carbocycles. The maximum absolute atomic E-state index is 13.2. The molecule has 0 unspecified atom stereocenters. The summed E-state index contributed by atoms with van der Waals surface area (Å²) in [6.45, 7) is 1.53. The lowest BCUT2D eigenvalue weighted by molar-refractivity contribution is -0.145. The monoisotopic (exact) mass is 474 g/mol. The molecule has 1 aliphatic rings. The van der Waals surface area contributed by atoms with Crippen LogP contribution >= 0.6 is 0 Å². The third kappa shape index (κ3) is 6.17. The van der Waals surface area contributed by atoms with Crippen LogP contribution in [0.2, 0.25) is 0 Å². The van der Waals surface area contributed by atoms with E-state index in [9.17, 15) is 9.59 Å². The maximum atomic E-state index is 13.2. The lowest BCUT2D eigenvalue weighted by Crippen LogP contribution is -2.49. The van der Waals surface area contributed by atoms with Crippen LogP contribution in [0.25, 0.3) is 0 Å². The van der Waals surface area contributed by atoms with Gasteiger partial charge in [-0.1, -0.05) is 60.7 Å². The van der Waals surface area contributed by atoms with E-state index in [0.717, 1.165) is 24.8 Å². The molecule has 4 rings (SSSR count). The average molecular weight is 475 g/mol. The van der Waals surface area contributed by atoms with E-state index in [4.69, 9.17) is 4.74 Å². The molecule has 1 aliphatic heterocycles. The normalized spacial score (nSPS) is 16.0. The van der Waals surface area contributed by atoms with Crippen molar-refractivity contribution in [3.8, 4) is 0 Å². The number of likely N-dealkylation sites (tertiary alicyclic amines) is 1. The fourth-order valence-electron chi connectivity index (χ4n) is 4.98. The van der Waals surface area contributed by atoms with Gasteiger partial charge in [0.2, 0.25) is 5.91 Å². The molecule has 2 atom stereocenters. The molecule has 7 heteroatoms. The lowest BCUT2D eigenvalue weighted by Gasteiger charge is -2.40. The van der Waals surface area contributed by atoms with Crippen molar-refractivity contribution in [3.63, 3.8) is 0 Å². The van der Waals surface area contributed by atoms with Gasteiger partial charge in [-0.3, -0.25) is 14.3 Å². The highest BCUT2D eigenvalue weighted by Gasteiger charge is 2.34. The first-order chi connectivity index (χ1) is 17.1. The number of amides is 2. The van der Waals surface area contributed by atoms with Crippen molar-refractivity contribution in [1.82, 2.24) is 19.6 Å². The summed E-state index contributed by atoms with van der Waals surface area (Å²) in [5.74, 6) is 0.333. The minimum absolute atomic E-state index is 0.000118. The lowest BCUT2D eigenvalue weighted by atomic mass is 9.84. The number of likely N-dealkylation sites (N-methyl/N-ethyl adjacent to an activating group) is 1. The van der Waals surface area contributed by atoms with Crippen LogP contribution in [-0.2, 0) is 27.3 Å². The van der Waals surface area contributed by atoms with Crippen molar-refractivity contribution >= 4 is 11.8 Å². The van der Waals surface area contributed by atoms with Gasteiger partial charge in [-0.05, 0) is 42.4 Å². The molecule has 184 valence electrons. The summed E-state index contributed by atoms with van der Waals surface area (Å²) in [5.41, 5.74) is 2.08. The van der Waals surface area contributed by atoms with Gasteiger partial charge in [0, 0.05) is 45.7 Å². The molecule has 0 bridgehead atoms. The van der Waals surface area contributed by atoms with Gasteiger partial charge >= 0.3 is 0 Å². The Kier molecular flexibility index (Phi) is 8.32. The largest absolute Gasteiger partial charge is 0.367 e. The van der Waals surface area contributed by atoms with Crippen molar-refractivity contribution in [3.05, 3.63) is 90.3 Å². The van der Waals surface area contributed by atoms with Crippen molar-refractivity contribution in [2.75, 3.05) is 27.2 Å². The molecule has 2 heterocycles. The van der Waals surface area contributed by atoms with Crippen LogP contribution in [0.1, 0.15) is 30.1 Å². The van der Waals surface area contributed by atoms with Crippen LogP contribution in [-0.4, -0.2) is 64.7 Å². The van der Waals surface area contributed by atoms with Gasteiger partial charge in [0.15, 0.2) is 6.10 Å². The maximum Gasteiger partial charge on any atom is 0.256 e. The van der Waals surface area contributed by atoms with E-state index in [-0.39, 0.29) is 24.4 Å². The summed E-state index contributed by atoms with van der Waals surface area (Å²) in [5, 5.41) is 4.19. The SMILES string of the molecule is CO[C@H](C(=O)N1CCC([C@H](Cc2ccccc2)N(C)C(=O)Cn2cccn2)CC1)c1ccccc1. The standard InChI is InChI=1S/C28H34N4O3/c1-30(26(33)21-32-17-9-16-29-32)25(20-22-10-5-3-6-11-22)23-14-18-31(19-15-23)28(34)27(35-2)24-12-7-4-8-13-24/h3-13,16-17,23,25,27H,14-15,18-21H2,1-2H3/t25-,27-/m0/s1. The van der Waals surface area contributed by atoms with E-state index in [1.54, 1.807) is 24.2 Å². The van der Waals surface area contributed by atoms with E-state index in [0.29, 0.717) is 19.0 Å². The third-order valence-electron chi connectivity index (χ3n) is 6.99. The van der Waals surface area contributed by atoms with Gasteiger partial charge in [0.05, 0.1) is 0 Å². The first kappa shape index (κ1) is 24.7. The summed E-state index contributed by atoms with van der Waals surface area (Å²) in [6.07, 6.45) is 5.37. The van der Waals surface area contributed by atoms with Crippen molar-refractivity contribution < 1.29 is 14.3 Å². The zero-order valence-electron chi connectivity index (χ0n) is 20.5. The van der Waals surface area contributed by atoms with Crippen molar-refractivity contribution in [2.24, 2.45) is 5.92 Å². The number of piperidine rings is 1.